The number of anilines is 1. The number of carbonyl (C=O) groups excluding carboxylic acids is 1. The average Bonchev–Trinajstić information content (AvgIpc) is 2.55. The second-order valence-electron chi connectivity index (χ2n) is 4.90. The second kappa shape index (κ2) is 7.28. The highest BCUT2D eigenvalue weighted by atomic mass is 32.2. The van der Waals surface area contributed by atoms with E-state index in [9.17, 15) is 17.6 Å². The Morgan fingerprint density at radius 2 is 1.88 bits per heavy atom. The summed E-state index contributed by atoms with van der Waals surface area (Å²) in [6, 6.07) is 9.14. The predicted octanol–water partition coefficient (Wildman–Crippen LogP) is 1.30. The molecule has 0 saturated heterocycles. The minimum atomic E-state index is -3.83. The van der Waals surface area contributed by atoms with Crippen molar-refractivity contribution >= 4 is 21.6 Å². The molecule has 0 aliphatic carbocycles. The molecule has 4 N–H and O–H groups in total. The highest BCUT2D eigenvalue weighted by molar-refractivity contribution is 7.92. The minimum absolute atomic E-state index is 0.0138. The summed E-state index contributed by atoms with van der Waals surface area (Å²) in [6.07, 6.45) is 0. The zero-order valence-corrected chi connectivity index (χ0v) is 13.6. The van der Waals surface area contributed by atoms with E-state index >= 15 is 0 Å². The molecule has 0 radical (unpaired) electrons. The van der Waals surface area contributed by atoms with Crippen LogP contribution in [0.4, 0.5) is 10.1 Å². The van der Waals surface area contributed by atoms with Gasteiger partial charge in [-0.2, -0.15) is 0 Å². The number of hydrazine groups is 1. The Morgan fingerprint density at radius 1 is 1.21 bits per heavy atom. The van der Waals surface area contributed by atoms with Crippen LogP contribution in [0, 0.1) is 12.7 Å². The van der Waals surface area contributed by atoms with Gasteiger partial charge in [-0.05, 0) is 55.0 Å². The second-order valence-corrected chi connectivity index (χ2v) is 6.58. The number of hydrogen-bond acceptors (Lipinski definition) is 5. The molecule has 7 nitrogen and oxygen atoms in total. The van der Waals surface area contributed by atoms with Gasteiger partial charge in [0.05, 0.1) is 4.90 Å². The van der Waals surface area contributed by atoms with E-state index in [0.717, 1.165) is 12.1 Å². The number of carbonyl (C=O) groups is 1. The van der Waals surface area contributed by atoms with E-state index in [-0.39, 0.29) is 17.2 Å². The van der Waals surface area contributed by atoms with Crippen LogP contribution in [-0.2, 0) is 14.8 Å². The van der Waals surface area contributed by atoms with E-state index in [0.29, 0.717) is 11.3 Å². The van der Waals surface area contributed by atoms with Crippen molar-refractivity contribution in [2.75, 3.05) is 11.3 Å². The molecule has 0 spiro atoms. The van der Waals surface area contributed by atoms with Gasteiger partial charge in [0.25, 0.3) is 15.9 Å². The van der Waals surface area contributed by atoms with Crippen molar-refractivity contribution in [2.24, 2.45) is 5.84 Å². The number of amides is 1. The molecule has 9 heteroatoms. The third kappa shape index (κ3) is 4.43. The van der Waals surface area contributed by atoms with E-state index in [1.54, 1.807) is 6.92 Å². The first-order chi connectivity index (χ1) is 11.3. The molecule has 0 fully saturated rings. The van der Waals surface area contributed by atoms with Crippen molar-refractivity contribution in [2.45, 2.75) is 11.8 Å². The van der Waals surface area contributed by atoms with Crippen LogP contribution in [0.5, 0.6) is 5.75 Å². The Morgan fingerprint density at radius 3 is 2.46 bits per heavy atom. The number of rotatable bonds is 6. The Bertz CT molecular complexity index is 838. The number of sulfonamides is 1. The number of nitrogens with one attached hydrogen (secondary N) is 2. The fourth-order valence-electron chi connectivity index (χ4n) is 1.87. The van der Waals surface area contributed by atoms with E-state index in [4.69, 9.17) is 10.6 Å². The quantitative estimate of drug-likeness (QED) is 0.412. The maximum absolute atomic E-state index is 12.9. The summed E-state index contributed by atoms with van der Waals surface area (Å²) in [5.41, 5.74) is 2.70. The van der Waals surface area contributed by atoms with Gasteiger partial charge in [0, 0.05) is 5.69 Å². The summed E-state index contributed by atoms with van der Waals surface area (Å²) < 4.78 is 45.1. The van der Waals surface area contributed by atoms with Gasteiger partial charge in [-0.25, -0.2) is 18.7 Å². The number of nitrogens with two attached hydrogens (primary N) is 1. The minimum Gasteiger partial charge on any atom is -0.483 e. The van der Waals surface area contributed by atoms with Crippen LogP contribution in [0.2, 0.25) is 0 Å². The first-order valence-electron chi connectivity index (χ1n) is 6.83. The third-order valence-corrected chi connectivity index (χ3v) is 4.45. The van der Waals surface area contributed by atoms with Crippen LogP contribution >= 0.6 is 0 Å². The lowest BCUT2D eigenvalue weighted by Crippen LogP contribution is -2.34. The summed E-state index contributed by atoms with van der Waals surface area (Å²) in [6.45, 7) is 1.36. The van der Waals surface area contributed by atoms with Gasteiger partial charge in [-0.3, -0.25) is 14.9 Å². The smallest absolute Gasteiger partial charge is 0.271 e. The fourth-order valence-corrected chi connectivity index (χ4v) is 3.01. The molecule has 1 amide bonds. The number of halogens is 1. The van der Waals surface area contributed by atoms with Crippen molar-refractivity contribution in [3.8, 4) is 5.75 Å². The highest BCUT2D eigenvalue weighted by Gasteiger charge is 2.16. The fraction of sp³-hybridized carbons (Fsp3) is 0.133. The summed E-state index contributed by atoms with van der Waals surface area (Å²) >= 11 is 0. The van der Waals surface area contributed by atoms with Crippen molar-refractivity contribution in [3.63, 3.8) is 0 Å². The van der Waals surface area contributed by atoms with Crippen molar-refractivity contribution in [3.05, 3.63) is 53.8 Å². The lowest BCUT2D eigenvalue weighted by molar-refractivity contribution is -0.123. The van der Waals surface area contributed by atoms with E-state index < -0.39 is 21.7 Å². The maximum atomic E-state index is 12.9. The van der Waals surface area contributed by atoms with Crippen LogP contribution in [0.25, 0.3) is 0 Å². The average molecular weight is 353 g/mol. The van der Waals surface area contributed by atoms with Crippen LogP contribution in [0.1, 0.15) is 5.56 Å². The normalized spacial score (nSPS) is 11.0. The first kappa shape index (κ1) is 17.7. The Labute approximate surface area is 138 Å². The lowest BCUT2D eigenvalue weighted by atomic mass is 10.2. The molecular weight excluding hydrogens is 337 g/mol. The molecule has 0 atom stereocenters. The molecule has 0 aliphatic heterocycles. The molecular formula is C15H16FN3O4S. The summed E-state index contributed by atoms with van der Waals surface area (Å²) in [5.74, 6) is 4.34. The van der Waals surface area contributed by atoms with Crippen molar-refractivity contribution in [1.29, 1.82) is 0 Å². The zero-order valence-electron chi connectivity index (χ0n) is 12.7. The molecule has 0 unspecified atom stereocenters. The maximum Gasteiger partial charge on any atom is 0.271 e. The summed E-state index contributed by atoms with van der Waals surface area (Å²) in [4.78, 5) is 11.1. The third-order valence-electron chi connectivity index (χ3n) is 3.07. The number of benzene rings is 2. The SMILES string of the molecule is Cc1cc(S(=O)(=O)Nc2ccc(F)cc2)ccc1OCC(=O)NN. The first-order valence-corrected chi connectivity index (χ1v) is 8.31. The molecule has 0 heterocycles. The number of ether oxygens (including phenoxy) is 1. The van der Waals surface area contributed by atoms with Gasteiger partial charge >= 0.3 is 0 Å². The molecule has 0 saturated carbocycles. The van der Waals surface area contributed by atoms with Crippen LogP contribution < -0.4 is 20.7 Å². The van der Waals surface area contributed by atoms with Crippen LogP contribution in [0.3, 0.4) is 0 Å². The molecule has 0 aliphatic rings. The number of aryl methyl sites for hydroxylation is 1. The molecule has 2 aromatic carbocycles. The monoisotopic (exact) mass is 353 g/mol. The molecule has 0 aromatic heterocycles. The van der Waals surface area contributed by atoms with E-state index in [1.807, 2.05) is 5.43 Å². The van der Waals surface area contributed by atoms with Gasteiger partial charge in [0.2, 0.25) is 0 Å². The van der Waals surface area contributed by atoms with Gasteiger partial charge in [0.1, 0.15) is 11.6 Å². The van der Waals surface area contributed by atoms with Gasteiger partial charge in [-0.1, -0.05) is 0 Å². The van der Waals surface area contributed by atoms with Crippen LogP contribution in [0.15, 0.2) is 47.4 Å². The van der Waals surface area contributed by atoms with Gasteiger partial charge in [-0.15, -0.1) is 0 Å². The molecule has 2 rings (SSSR count). The molecule has 0 bridgehead atoms. The summed E-state index contributed by atoms with van der Waals surface area (Å²) in [7, 11) is -3.83. The Hall–Kier alpha value is -2.65. The van der Waals surface area contributed by atoms with Crippen molar-refractivity contribution in [1.82, 2.24) is 5.43 Å². The highest BCUT2D eigenvalue weighted by Crippen LogP contribution is 2.23. The van der Waals surface area contributed by atoms with Crippen LogP contribution in [-0.4, -0.2) is 20.9 Å². The molecule has 24 heavy (non-hydrogen) atoms. The summed E-state index contributed by atoms with van der Waals surface area (Å²) in [5, 5.41) is 0. The van der Waals surface area contributed by atoms with E-state index in [1.165, 1.54) is 30.3 Å². The largest absolute Gasteiger partial charge is 0.483 e. The molecule has 128 valence electrons. The lowest BCUT2D eigenvalue weighted by Gasteiger charge is -2.12. The molecule has 2 aromatic rings. The number of hydrogen-bond donors (Lipinski definition) is 3. The standard InChI is InChI=1S/C15H16FN3O4S/c1-10-8-13(6-7-14(10)23-9-15(20)18-17)24(21,22)19-12-4-2-11(16)3-5-12/h2-8,19H,9,17H2,1H3,(H,18,20). The van der Waals surface area contributed by atoms with Gasteiger partial charge < -0.3 is 4.74 Å². The van der Waals surface area contributed by atoms with Gasteiger partial charge in [0.15, 0.2) is 6.61 Å². The zero-order chi connectivity index (χ0) is 17.7. The Balaban J connectivity index is 2.17. The topological polar surface area (TPSA) is 111 Å². The Kier molecular flexibility index (Phi) is 5.37. The predicted molar refractivity (Wildman–Crippen MR) is 86.2 cm³/mol. The van der Waals surface area contributed by atoms with E-state index in [2.05, 4.69) is 4.72 Å². The van der Waals surface area contributed by atoms with Crippen molar-refractivity contribution < 1.29 is 22.3 Å².